The zero-order valence-electron chi connectivity index (χ0n) is 14.1. The first-order chi connectivity index (χ1) is 12.0. The van der Waals surface area contributed by atoms with Crippen LogP contribution >= 0.6 is 0 Å². The van der Waals surface area contributed by atoms with Gasteiger partial charge in [0.15, 0.2) is 0 Å². The smallest absolute Gasteiger partial charge is 0.274 e. The molecule has 1 saturated heterocycles. The number of amides is 1. The molecule has 1 aromatic heterocycles. The zero-order chi connectivity index (χ0) is 18.1. The van der Waals surface area contributed by atoms with Crippen molar-refractivity contribution in [3.05, 3.63) is 33.6 Å². The molecule has 2 aliphatic heterocycles. The molecule has 0 radical (unpaired) electrons. The third kappa shape index (κ3) is 3.03. The van der Waals surface area contributed by atoms with Gasteiger partial charge in [0.1, 0.15) is 5.84 Å². The van der Waals surface area contributed by atoms with Crippen molar-refractivity contribution < 1.29 is 4.79 Å². The lowest BCUT2D eigenvalue weighted by Crippen LogP contribution is -2.41. The number of carbonyl (C=O) groups excluding carboxylic acids is 1. The third-order valence-corrected chi connectivity index (χ3v) is 4.63. The lowest BCUT2D eigenvalue weighted by molar-refractivity contribution is 0.0715. The molecular weight excluding hydrogens is 322 g/mol. The first-order valence-corrected chi connectivity index (χ1v) is 8.23. The molecule has 4 rings (SSSR count). The summed E-state index contributed by atoms with van der Waals surface area (Å²) in [5, 5.41) is 10.8. The van der Waals surface area contributed by atoms with E-state index in [1.807, 2.05) is 11.0 Å². The Hall–Kier alpha value is -2.65. The number of benzene rings is 1. The Morgan fingerprint density at radius 2 is 2.16 bits per heavy atom. The largest absolute Gasteiger partial charge is 0.386 e. The molecule has 0 saturated carbocycles. The molecular formula is C16H23N7O2. The van der Waals surface area contributed by atoms with Crippen molar-refractivity contribution in [3.63, 3.8) is 0 Å². The number of hydrogen-bond acceptors (Lipinski definition) is 5. The van der Waals surface area contributed by atoms with E-state index < -0.39 is 0 Å². The van der Waals surface area contributed by atoms with Crippen LogP contribution in [0.15, 0.2) is 16.9 Å². The molecule has 134 valence electrons. The molecule has 2 aliphatic rings. The number of H-pyrrole nitrogens is 1. The highest BCUT2D eigenvalue weighted by molar-refractivity contribution is 6.00. The van der Waals surface area contributed by atoms with Gasteiger partial charge in [-0.2, -0.15) is 0 Å². The number of aromatic nitrogens is 2. The van der Waals surface area contributed by atoms with Gasteiger partial charge in [-0.3, -0.25) is 31.4 Å². The average Bonchev–Trinajstić information content (AvgIpc) is 3.13. The summed E-state index contributed by atoms with van der Waals surface area (Å²) in [4.78, 5) is 26.9. The SMILES string of the molecule is CNN.N=C(N)Cn1[nH]c2cc3c(cc2c1=O)CC1CCCN1C3=O. The Balaban J connectivity index is 0.000000569. The number of fused-ring (bicyclic) bond motifs is 3. The minimum absolute atomic E-state index is 0.0286. The summed E-state index contributed by atoms with van der Waals surface area (Å²) in [6.07, 6.45) is 2.90. The number of nitrogens with zero attached hydrogens (tertiary/aromatic N) is 2. The Morgan fingerprint density at radius 1 is 1.44 bits per heavy atom. The van der Waals surface area contributed by atoms with Crippen LogP contribution < -0.4 is 22.6 Å². The monoisotopic (exact) mass is 345 g/mol. The van der Waals surface area contributed by atoms with Crippen LogP contribution in [0.4, 0.5) is 0 Å². The van der Waals surface area contributed by atoms with E-state index in [0.717, 1.165) is 31.4 Å². The number of nitrogens with one attached hydrogen (secondary N) is 3. The molecule has 1 fully saturated rings. The number of nitrogens with two attached hydrogens (primary N) is 2. The van der Waals surface area contributed by atoms with Crippen LogP contribution in [0.2, 0.25) is 0 Å². The van der Waals surface area contributed by atoms with E-state index in [-0.39, 0.29) is 29.9 Å². The van der Waals surface area contributed by atoms with E-state index in [1.165, 1.54) is 4.68 Å². The zero-order valence-corrected chi connectivity index (χ0v) is 14.1. The molecule has 9 heteroatoms. The number of carbonyl (C=O) groups is 1. The van der Waals surface area contributed by atoms with Gasteiger partial charge < -0.3 is 10.6 Å². The highest BCUT2D eigenvalue weighted by atomic mass is 16.2. The molecule has 1 aromatic carbocycles. The Kier molecular flexibility index (Phi) is 4.60. The van der Waals surface area contributed by atoms with Gasteiger partial charge in [0.05, 0.1) is 17.4 Å². The van der Waals surface area contributed by atoms with Gasteiger partial charge in [0, 0.05) is 18.2 Å². The van der Waals surface area contributed by atoms with Gasteiger partial charge >= 0.3 is 0 Å². The fourth-order valence-electron chi connectivity index (χ4n) is 3.63. The summed E-state index contributed by atoms with van der Waals surface area (Å²) in [5.74, 6) is 4.57. The van der Waals surface area contributed by atoms with Crippen LogP contribution in [-0.2, 0) is 13.0 Å². The molecule has 2 aromatic rings. The molecule has 7 N–H and O–H groups in total. The van der Waals surface area contributed by atoms with Gasteiger partial charge in [-0.15, -0.1) is 0 Å². The highest BCUT2D eigenvalue weighted by Gasteiger charge is 2.35. The van der Waals surface area contributed by atoms with Crippen molar-refractivity contribution in [1.82, 2.24) is 20.1 Å². The third-order valence-electron chi connectivity index (χ3n) is 4.63. The molecule has 1 atom stereocenters. The van der Waals surface area contributed by atoms with E-state index >= 15 is 0 Å². The minimum atomic E-state index is -0.200. The predicted octanol–water partition coefficient (Wildman–Crippen LogP) is -0.494. The van der Waals surface area contributed by atoms with E-state index in [1.54, 1.807) is 13.1 Å². The molecule has 0 spiro atoms. The van der Waals surface area contributed by atoms with Crippen molar-refractivity contribution in [2.75, 3.05) is 13.6 Å². The number of hydrogen-bond donors (Lipinski definition) is 5. The minimum Gasteiger partial charge on any atom is -0.386 e. The summed E-state index contributed by atoms with van der Waals surface area (Å²) in [7, 11) is 1.65. The van der Waals surface area contributed by atoms with Crippen LogP contribution in [0.3, 0.4) is 0 Å². The lowest BCUT2D eigenvalue weighted by Gasteiger charge is -2.31. The number of rotatable bonds is 2. The first-order valence-electron chi connectivity index (χ1n) is 8.23. The van der Waals surface area contributed by atoms with Crippen LogP contribution in [0.5, 0.6) is 0 Å². The second kappa shape index (κ2) is 6.69. The molecule has 1 amide bonds. The molecule has 9 nitrogen and oxygen atoms in total. The van der Waals surface area contributed by atoms with Crippen LogP contribution in [0.25, 0.3) is 10.9 Å². The van der Waals surface area contributed by atoms with Gasteiger partial charge in [-0.05, 0) is 44.0 Å². The van der Waals surface area contributed by atoms with Gasteiger partial charge in [-0.1, -0.05) is 0 Å². The molecule has 1 unspecified atom stereocenters. The summed E-state index contributed by atoms with van der Waals surface area (Å²) in [6, 6.07) is 3.86. The van der Waals surface area contributed by atoms with E-state index in [2.05, 4.69) is 16.4 Å². The summed E-state index contributed by atoms with van der Waals surface area (Å²) < 4.78 is 1.31. The van der Waals surface area contributed by atoms with Crippen molar-refractivity contribution in [1.29, 1.82) is 5.41 Å². The van der Waals surface area contributed by atoms with E-state index in [0.29, 0.717) is 16.5 Å². The van der Waals surface area contributed by atoms with Gasteiger partial charge in [0.2, 0.25) is 0 Å². The van der Waals surface area contributed by atoms with Gasteiger partial charge in [-0.25, -0.2) is 4.68 Å². The van der Waals surface area contributed by atoms with Crippen LogP contribution in [-0.4, -0.2) is 46.1 Å². The summed E-state index contributed by atoms with van der Waals surface area (Å²) in [6.45, 7) is 0.851. The Bertz CT molecular complexity index is 882. The van der Waals surface area contributed by atoms with Crippen LogP contribution in [0, 0.1) is 5.41 Å². The summed E-state index contributed by atoms with van der Waals surface area (Å²) in [5.41, 5.74) is 9.67. The lowest BCUT2D eigenvalue weighted by atomic mass is 9.92. The second-order valence-corrected chi connectivity index (χ2v) is 6.37. The van der Waals surface area contributed by atoms with E-state index in [9.17, 15) is 9.59 Å². The molecule has 0 bridgehead atoms. The number of hydrazine groups is 1. The molecule has 25 heavy (non-hydrogen) atoms. The van der Waals surface area contributed by atoms with Crippen molar-refractivity contribution in [3.8, 4) is 0 Å². The van der Waals surface area contributed by atoms with Crippen molar-refractivity contribution in [2.45, 2.75) is 31.8 Å². The quantitative estimate of drug-likeness (QED) is 0.216. The van der Waals surface area contributed by atoms with E-state index in [4.69, 9.17) is 11.1 Å². The normalized spacial score (nSPS) is 18.6. The van der Waals surface area contributed by atoms with Crippen LogP contribution in [0.1, 0.15) is 28.8 Å². The maximum atomic E-state index is 12.6. The maximum Gasteiger partial charge on any atom is 0.274 e. The maximum absolute atomic E-state index is 12.6. The van der Waals surface area contributed by atoms with Crippen molar-refractivity contribution in [2.24, 2.45) is 11.6 Å². The Labute approximate surface area is 144 Å². The van der Waals surface area contributed by atoms with Gasteiger partial charge in [0.25, 0.3) is 11.5 Å². The molecule has 0 aliphatic carbocycles. The Morgan fingerprint density at radius 3 is 2.84 bits per heavy atom. The summed E-state index contributed by atoms with van der Waals surface area (Å²) >= 11 is 0. The first kappa shape index (κ1) is 17.2. The average molecular weight is 345 g/mol. The number of aromatic amines is 1. The number of amidine groups is 1. The topological polar surface area (TPSA) is 146 Å². The standard InChI is InChI=1S/C15H17N5O2.CH6N2/c16-13(17)7-20-15(22)11-5-8-4-9-2-1-3-19(9)14(21)10(8)6-12(11)18-20;1-3-2/h5-6,9,18H,1-4,7H2,(H3,16,17);3H,2H2,1H3. The molecule has 3 heterocycles. The second-order valence-electron chi connectivity index (χ2n) is 6.37. The van der Waals surface area contributed by atoms with Crippen molar-refractivity contribution >= 4 is 22.6 Å². The highest BCUT2D eigenvalue weighted by Crippen LogP contribution is 2.31. The fraction of sp³-hybridized carbons (Fsp3) is 0.438. The predicted molar refractivity (Wildman–Crippen MR) is 95.5 cm³/mol. The fourth-order valence-corrected chi connectivity index (χ4v) is 3.63.